The van der Waals surface area contributed by atoms with Gasteiger partial charge in [-0.15, -0.1) is 0 Å². The van der Waals surface area contributed by atoms with Crippen LogP contribution in [-0.2, 0) is 6.54 Å². The lowest BCUT2D eigenvalue weighted by molar-refractivity contribution is 0.439. The van der Waals surface area contributed by atoms with Gasteiger partial charge in [-0.3, -0.25) is 0 Å². The molecule has 0 saturated carbocycles. The number of nitrogens with zero attached hydrogens (tertiary/aromatic N) is 1. The van der Waals surface area contributed by atoms with Crippen molar-refractivity contribution in [2.75, 3.05) is 5.73 Å². The first-order chi connectivity index (χ1) is 7.24. The van der Waals surface area contributed by atoms with Crippen molar-refractivity contribution < 1.29 is 4.52 Å². The monoisotopic (exact) mass is 203 g/mol. The summed E-state index contributed by atoms with van der Waals surface area (Å²) in [5, 5.41) is 3.94. The molecule has 0 unspecified atom stereocenters. The maximum Gasteiger partial charge on any atom is 0.225 e. The van der Waals surface area contributed by atoms with Gasteiger partial charge in [0, 0.05) is 17.7 Å². The van der Waals surface area contributed by atoms with Gasteiger partial charge in [-0.25, -0.2) is 0 Å². The molecule has 78 valence electrons. The normalized spacial score (nSPS) is 10.5. The van der Waals surface area contributed by atoms with Crippen LogP contribution < -0.4 is 11.5 Å². The Labute approximate surface area is 87.9 Å². The molecule has 1 aromatic heterocycles. The van der Waals surface area contributed by atoms with E-state index in [1.54, 1.807) is 0 Å². The molecule has 1 aromatic carbocycles. The zero-order valence-corrected chi connectivity index (χ0v) is 8.53. The van der Waals surface area contributed by atoms with E-state index in [0.717, 1.165) is 22.4 Å². The van der Waals surface area contributed by atoms with E-state index in [1.807, 2.05) is 31.2 Å². The van der Waals surface area contributed by atoms with Crippen molar-refractivity contribution in [2.45, 2.75) is 13.5 Å². The van der Waals surface area contributed by atoms with Crippen molar-refractivity contribution >= 4 is 5.88 Å². The Morgan fingerprint density at radius 2 is 2.07 bits per heavy atom. The molecule has 1 heterocycles. The molecule has 0 aliphatic carbocycles. The summed E-state index contributed by atoms with van der Waals surface area (Å²) in [6.07, 6.45) is 0. The quantitative estimate of drug-likeness (QED) is 0.778. The van der Waals surface area contributed by atoms with Crippen LogP contribution in [0.25, 0.3) is 11.3 Å². The highest BCUT2D eigenvalue weighted by Crippen LogP contribution is 2.28. The van der Waals surface area contributed by atoms with E-state index in [4.69, 9.17) is 16.0 Å². The number of nitrogen functional groups attached to an aromatic ring is 1. The predicted octanol–water partition coefficient (Wildman–Crippen LogP) is 1.69. The molecule has 0 atom stereocenters. The molecule has 15 heavy (non-hydrogen) atoms. The minimum Gasteiger partial charge on any atom is -0.367 e. The van der Waals surface area contributed by atoms with Crippen molar-refractivity contribution in [3.05, 3.63) is 35.4 Å². The average molecular weight is 203 g/mol. The van der Waals surface area contributed by atoms with Gasteiger partial charge in [-0.05, 0) is 12.5 Å². The van der Waals surface area contributed by atoms with Crippen molar-refractivity contribution in [1.29, 1.82) is 0 Å². The Balaban J connectivity index is 2.58. The summed E-state index contributed by atoms with van der Waals surface area (Å²) in [5.41, 5.74) is 14.9. The minimum atomic E-state index is 0.358. The highest BCUT2D eigenvalue weighted by molar-refractivity contribution is 5.69. The number of rotatable bonds is 2. The second-order valence-corrected chi connectivity index (χ2v) is 3.38. The molecular weight excluding hydrogens is 190 g/mol. The summed E-state index contributed by atoms with van der Waals surface area (Å²) in [6, 6.07) is 7.83. The Hall–Kier alpha value is -1.81. The van der Waals surface area contributed by atoms with Crippen LogP contribution >= 0.6 is 0 Å². The molecule has 0 radical (unpaired) electrons. The Bertz CT molecular complexity index is 476. The number of benzene rings is 1. The number of hydrogen-bond acceptors (Lipinski definition) is 4. The number of aromatic nitrogens is 1. The van der Waals surface area contributed by atoms with Crippen LogP contribution in [0.15, 0.2) is 28.8 Å². The smallest absolute Gasteiger partial charge is 0.225 e. The fraction of sp³-hybridized carbons (Fsp3) is 0.182. The third-order valence-corrected chi connectivity index (χ3v) is 2.45. The van der Waals surface area contributed by atoms with E-state index in [-0.39, 0.29) is 0 Å². The molecule has 0 aliphatic rings. The predicted molar refractivity (Wildman–Crippen MR) is 59.0 cm³/mol. The maximum atomic E-state index is 5.66. The minimum absolute atomic E-state index is 0.358. The van der Waals surface area contributed by atoms with Crippen molar-refractivity contribution in [1.82, 2.24) is 5.16 Å². The van der Waals surface area contributed by atoms with Crippen LogP contribution in [0.4, 0.5) is 5.88 Å². The van der Waals surface area contributed by atoms with Crippen LogP contribution in [0.2, 0.25) is 0 Å². The molecule has 4 heteroatoms. The van der Waals surface area contributed by atoms with Crippen LogP contribution in [0.5, 0.6) is 0 Å². The van der Waals surface area contributed by atoms with E-state index >= 15 is 0 Å². The van der Waals surface area contributed by atoms with E-state index in [2.05, 4.69) is 5.16 Å². The molecule has 0 amide bonds. The van der Waals surface area contributed by atoms with Gasteiger partial charge in [-0.1, -0.05) is 29.4 Å². The summed E-state index contributed by atoms with van der Waals surface area (Å²) in [6.45, 7) is 2.36. The van der Waals surface area contributed by atoms with Crippen LogP contribution in [0, 0.1) is 6.92 Å². The van der Waals surface area contributed by atoms with Gasteiger partial charge in [0.1, 0.15) is 5.69 Å². The van der Waals surface area contributed by atoms with Gasteiger partial charge in [-0.2, -0.15) is 0 Å². The van der Waals surface area contributed by atoms with Gasteiger partial charge in [0.15, 0.2) is 0 Å². The first-order valence-corrected chi connectivity index (χ1v) is 4.74. The second kappa shape index (κ2) is 3.74. The fourth-order valence-corrected chi connectivity index (χ4v) is 1.53. The summed E-state index contributed by atoms with van der Waals surface area (Å²) >= 11 is 0. The molecule has 2 rings (SSSR count). The van der Waals surface area contributed by atoms with Crippen molar-refractivity contribution in [2.24, 2.45) is 5.73 Å². The molecular formula is C11H13N3O. The van der Waals surface area contributed by atoms with E-state index in [1.165, 1.54) is 0 Å². The lowest BCUT2D eigenvalue weighted by atomic mass is 10.0. The first-order valence-electron chi connectivity index (χ1n) is 4.74. The molecule has 0 bridgehead atoms. The fourth-order valence-electron chi connectivity index (χ4n) is 1.53. The Morgan fingerprint density at radius 3 is 2.67 bits per heavy atom. The first kappa shape index (κ1) is 9.73. The summed E-state index contributed by atoms with van der Waals surface area (Å²) in [5.74, 6) is 0.358. The lowest BCUT2D eigenvalue weighted by Crippen LogP contribution is -1.99. The third-order valence-electron chi connectivity index (χ3n) is 2.45. The topological polar surface area (TPSA) is 78.1 Å². The molecule has 4 nitrogen and oxygen atoms in total. The number of hydrogen-bond donors (Lipinski definition) is 2. The number of anilines is 1. The third kappa shape index (κ3) is 1.59. The lowest BCUT2D eigenvalue weighted by Gasteiger charge is -2.04. The summed E-state index contributed by atoms with van der Waals surface area (Å²) in [7, 11) is 0. The summed E-state index contributed by atoms with van der Waals surface area (Å²) in [4.78, 5) is 0. The van der Waals surface area contributed by atoms with Crippen LogP contribution in [-0.4, -0.2) is 5.16 Å². The van der Waals surface area contributed by atoms with Crippen LogP contribution in [0.1, 0.15) is 11.1 Å². The van der Waals surface area contributed by atoms with E-state index in [9.17, 15) is 0 Å². The SMILES string of the molecule is Cc1c(-c2ccccc2CN)noc1N. The standard InChI is InChI=1S/C11H13N3O/c1-7-10(14-15-11(7)13)9-5-3-2-4-8(9)6-12/h2-5H,6,12-13H2,1H3. The molecule has 4 N–H and O–H groups in total. The highest BCUT2D eigenvalue weighted by Gasteiger charge is 2.13. The number of nitrogens with two attached hydrogens (primary N) is 2. The van der Waals surface area contributed by atoms with Crippen molar-refractivity contribution in [3.63, 3.8) is 0 Å². The van der Waals surface area contributed by atoms with E-state index < -0.39 is 0 Å². The zero-order valence-electron chi connectivity index (χ0n) is 8.53. The molecule has 0 saturated heterocycles. The molecule has 0 spiro atoms. The molecule has 0 fully saturated rings. The van der Waals surface area contributed by atoms with Crippen molar-refractivity contribution in [3.8, 4) is 11.3 Å². The maximum absolute atomic E-state index is 5.66. The van der Waals surface area contributed by atoms with Gasteiger partial charge in [0.05, 0.1) is 0 Å². The molecule has 2 aromatic rings. The zero-order chi connectivity index (χ0) is 10.8. The van der Waals surface area contributed by atoms with E-state index in [0.29, 0.717) is 12.4 Å². The second-order valence-electron chi connectivity index (χ2n) is 3.38. The van der Waals surface area contributed by atoms with Gasteiger partial charge in [0.25, 0.3) is 0 Å². The average Bonchev–Trinajstić information content (AvgIpc) is 2.60. The van der Waals surface area contributed by atoms with Gasteiger partial charge in [0.2, 0.25) is 5.88 Å². The largest absolute Gasteiger partial charge is 0.367 e. The molecule has 0 aliphatic heterocycles. The summed E-state index contributed by atoms with van der Waals surface area (Å²) < 4.78 is 4.94. The van der Waals surface area contributed by atoms with Gasteiger partial charge < -0.3 is 16.0 Å². The van der Waals surface area contributed by atoms with Gasteiger partial charge >= 0.3 is 0 Å². The highest BCUT2D eigenvalue weighted by atomic mass is 16.5. The Kier molecular flexibility index (Phi) is 2.43. The Morgan fingerprint density at radius 1 is 1.33 bits per heavy atom. The van der Waals surface area contributed by atoms with Crippen LogP contribution in [0.3, 0.4) is 0 Å².